The van der Waals surface area contributed by atoms with Crippen LogP contribution in [0.15, 0.2) is 4.99 Å². The van der Waals surface area contributed by atoms with Crippen molar-refractivity contribution in [2.45, 2.75) is 32.2 Å². The number of hydrogen-bond acceptors (Lipinski definition) is 4. The maximum Gasteiger partial charge on any atom is 0.191 e. The van der Waals surface area contributed by atoms with Crippen LogP contribution in [0.25, 0.3) is 0 Å². The van der Waals surface area contributed by atoms with Crippen molar-refractivity contribution in [3.63, 3.8) is 0 Å². The van der Waals surface area contributed by atoms with Crippen LogP contribution >= 0.6 is 0 Å². The van der Waals surface area contributed by atoms with Gasteiger partial charge in [-0.2, -0.15) is 0 Å². The molecule has 2 aliphatic rings. The maximum atomic E-state index is 4.37. The van der Waals surface area contributed by atoms with Gasteiger partial charge in [-0.15, -0.1) is 0 Å². The van der Waals surface area contributed by atoms with Crippen molar-refractivity contribution in [2.75, 3.05) is 32.7 Å². The molecule has 1 saturated heterocycles. The summed E-state index contributed by atoms with van der Waals surface area (Å²) < 4.78 is 0. The van der Waals surface area contributed by atoms with Gasteiger partial charge in [0.15, 0.2) is 5.96 Å². The van der Waals surface area contributed by atoms with Crippen LogP contribution in [0.5, 0.6) is 0 Å². The first-order valence-electron chi connectivity index (χ1n) is 6.15. The van der Waals surface area contributed by atoms with Gasteiger partial charge >= 0.3 is 0 Å². The first-order valence-corrected chi connectivity index (χ1v) is 6.15. The SMILES string of the molecule is CCCN1CCC(NC2=NCCN2)CC1. The second kappa shape index (κ2) is 5.35. The molecule has 2 aliphatic heterocycles. The highest BCUT2D eigenvalue weighted by Gasteiger charge is 2.19. The number of aliphatic imine (C=N–C) groups is 1. The summed E-state index contributed by atoms with van der Waals surface area (Å²) in [6.07, 6.45) is 3.77. The van der Waals surface area contributed by atoms with Gasteiger partial charge in [0.25, 0.3) is 0 Å². The average Bonchev–Trinajstić information content (AvgIpc) is 2.74. The van der Waals surface area contributed by atoms with E-state index >= 15 is 0 Å². The van der Waals surface area contributed by atoms with Crippen molar-refractivity contribution in [1.29, 1.82) is 0 Å². The topological polar surface area (TPSA) is 39.7 Å². The summed E-state index contributed by atoms with van der Waals surface area (Å²) in [5.74, 6) is 1.02. The fourth-order valence-corrected chi connectivity index (χ4v) is 2.31. The smallest absolute Gasteiger partial charge is 0.191 e. The van der Waals surface area contributed by atoms with Crippen LogP contribution in [0.4, 0.5) is 0 Å². The third kappa shape index (κ3) is 3.09. The fraction of sp³-hybridized carbons (Fsp3) is 0.909. The van der Waals surface area contributed by atoms with E-state index in [9.17, 15) is 0 Å². The molecule has 0 radical (unpaired) electrons. The van der Waals surface area contributed by atoms with E-state index in [0.717, 1.165) is 19.0 Å². The van der Waals surface area contributed by atoms with Crippen molar-refractivity contribution < 1.29 is 0 Å². The molecule has 0 amide bonds. The maximum absolute atomic E-state index is 4.37. The van der Waals surface area contributed by atoms with Crippen molar-refractivity contribution in [3.8, 4) is 0 Å². The Hall–Kier alpha value is -0.770. The molecule has 86 valence electrons. The fourth-order valence-electron chi connectivity index (χ4n) is 2.31. The molecule has 0 aromatic rings. The first-order chi connectivity index (χ1) is 7.38. The van der Waals surface area contributed by atoms with Crippen LogP contribution in [0.2, 0.25) is 0 Å². The van der Waals surface area contributed by atoms with Crippen molar-refractivity contribution in [2.24, 2.45) is 4.99 Å². The molecule has 0 atom stereocenters. The Morgan fingerprint density at radius 3 is 2.87 bits per heavy atom. The average molecular weight is 210 g/mol. The molecule has 0 bridgehead atoms. The van der Waals surface area contributed by atoms with Gasteiger partial charge in [-0.25, -0.2) is 0 Å². The minimum Gasteiger partial charge on any atom is -0.355 e. The summed E-state index contributed by atoms with van der Waals surface area (Å²) in [7, 11) is 0. The Balaban J connectivity index is 1.69. The van der Waals surface area contributed by atoms with Crippen molar-refractivity contribution >= 4 is 5.96 Å². The molecule has 0 aliphatic carbocycles. The van der Waals surface area contributed by atoms with Gasteiger partial charge in [-0.3, -0.25) is 4.99 Å². The monoisotopic (exact) mass is 210 g/mol. The molecule has 0 aromatic heterocycles. The predicted molar refractivity (Wildman–Crippen MR) is 63.2 cm³/mol. The van der Waals surface area contributed by atoms with E-state index in [1.165, 1.54) is 38.9 Å². The van der Waals surface area contributed by atoms with Crippen LogP contribution in [-0.2, 0) is 0 Å². The quantitative estimate of drug-likeness (QED) is 0.709. The summed E-state index contributed by atoms with van der Waals surface area (Å²) in [5, 5.41) is 6.76. The standard InChI is InChI=1S/C11H22N4/c1-2-7-15-8-3-10(4-9-15)14-11-12-5-6-13-11/h10H,2-9H2,1H3,(H2,12,13,14). The molecular weight excluding hydrogens is 188 g/mol. The molecule has 4 nitrogen and oxygen atoms in total. The highest BCUT2D eigenvalue weighted by Crippen LogP contribution is 2.10. The van der Waals surface area contributed by atoms with Crippen LogP contribution in [0.3, 0.4) is 0 Å². The number of likely N-dealkylation sites (tertiary alicyclic amines) is 1. The lowest BCUT2D eigenvalue weighted by Crippen LogP contribution is -2.47. The molecule has 0 aromatic carbocycles. The number of nitrogens with one attached hydrogen (secondary N) is 2. The highest BCUT2D eigenvalue weighted by molar-refractivity contribution is 5.81. The second-order valence-corrected chi connectivity index (χ2v) is 4.42. The highest BCUT2D eigenvalue weighted by atomic mass is 15.2. The summed E-state index contributed by atoms with van der Waals surface area (Å²) in [5.41, 5.74) is 0. The van der Waals surface area contributed by atoms with Crippen molar-refractivity contribution in [1.82, 2.24) is 15.5 Å². The molecule has 15 heavy (non-hydrogen) atoms. The third-order valence-corrected chi connectivity index (χ3v) is 3.14. The molecule has 2 heterocycles. The van der Waals surface area contributed by atoms with E-state index in [4.69, 9.17) is 0 Å². The number of piperidine rings is 1. The van der Waals surface area contributed by atoms with Gasteiger partial charge < -0.3 is 15.5 Å². The van der Waals surface area contributed by atoms with E-state index < -0.39 is 0 Å². The van der Waals surface area contributed by atoms with Crippen molar-refractivity contribution in [3.05, 3.63) is 0 Å². The minimum atomic E-state index is 0.627. The Morgan fingerprint density at radius 2 is 2.27 bits per heavy atom. The lowest BCUT2D eigenvalue weighted by molar-refractivity contribution is 0.206. The lowest BCUT2D eigenvalue weighted by atomic mass is 10.1. The number of nitrogens with zero attached hydrogens (tertiary/aromatic N) is 2. The lowest BCUT2D eigenvalue weighted by Gasteiger charge is -2.32. The Labute approximate surface area is 92.1 Å². The zero-order valence-corrected chi connectivity index (χ0v) is 9.63. The van der Waals surface area contributed by atoms with Gasteiger partial charge in [0, 0.05) is 25.7 Å². The largest absolute Gasteiger partial charge is 0.355 e. The molecule has 4 heteroatoms. The van der Waals surface area contributed by atoms with Gasteiger partial charge in [-0.1, -0.05) is 6.92 Å². The zero-order chi connectivity index (χ0) is 10.5. The van der Waals surface area contributed by atoms with E-state index in [1.54, 1.807) is 0 Å². The molecule has 2 rings (SSSR count). The number of rotatable bonds is 3. The summed E-state index contributed by atoms with van der Waals surface area (Å²) in [6, 6.07) is 0.627. The minimum absolute atomic E-state index is 0.627. The van der Waals surface area contributed by atoms with E-state index in [2.05, 4.69) is 27.4 Å². The second-order valence-electron chi connectivity index (χ2n) is 4.42. The van der Waals surface area contributed by atoms with Gasteiger partial charge in [0.1, 0.15) is 0 Å². The predicted octanol–water partition coefficient (Wildman–Crippen LogP) is 0.410. The van der Waals surface area contributed by atoms with Crippen LogP contribution < -0.4 is 10.6 Å². The third-order valence-electron chi connectivity index (χ3n) is 3.14. The normalized spacial score (nSPS) is 23.7. The number of hydrogen-bond donors (Lipinski definition) is 2. The Bertz CT molecular complexity index is 219. The molecular formula is C11H22N4. The Morgan fingerprint density at radius 1 is 1.47 bits per heavy atom. The van der Waals surface area contributed by atoms with Gasteiger partial charge in [-0.05, 0) is 25.8 Å². The van der Waals surface area contributed by atoms with E-state index in [1.807, 2.05) is 0 Å². The van der Waals surface area contributed by atoms with E-state index in [0.29, 0.717) is 6.04 Å². The summed E-state index contributed by atoms with van der Waals surface area (Å²) in [6.45, 7) is 7.90. The molecule has 2 N–H and O–H groups in total. The summed E-state index contributed by atoms with van der Waals surface area (Å²) in [4.78, 5) is 6.92. The van der Waals surface area contributed by atoms with E-state index in [-0.39, 0.29) is 0 Å². The first kappa shape index (κ1) is 10.7. The Kier molecular flexibility index (Phi) is 3.83. The van der Waals surface area contributed by atoms with Crippen LogP contribution in [-0.4, -0.2) is 49.6 Å². The molecule has 0 saturated carbocycles. The number of guanidine groups is 1. The van der Waals surface area contributed by atoms with Crippen LogP contribution in [0.1, 0.15) is 26.2 Å². The zero-order valence-electron chi connectivity index (χ0n) is 9.63. The summed E-state index contributed by atoms with van der Waals surface area (Å²) >= 11 is 0. The van der Waals surface area contributed by atoms with Crippen LogP contribution in [0, 0.1) is 0 Å². The molecule has 0 unspecified atom stereocenters. The van der Waals surface area contributed by atoms with Gasteiger partial charge in [0.05, 0.1) is 6.54 Å². The van der Waals surface area contributed by atoms with Gasteiger partial charge in [0.2, 0.25) is 0 Å². The molecule has 0 spiro atoms. The molecule has 1 fully saturated rings.